The van der Waals surface area contributed by atoms with Gasteiger partial charge in [0.05, 0.1) is 0 Å². The first-order valence-electron chi connectivity index (χ1n) is 8.36. The molecule has 1 amide bonds. The van der Waals surface area contributed by atoms with Crippen LogP contribution < -0.4 is 5.73 Å². The number of halogens is 1. The maximum absolute atomic E-state index is 12.7. The van der Waals surface area contributed by atoms with E-state index in [-0.39, 0.29) is 29.6 Å². The summed E-state index contributed by atoms with van der Waals surface area (Å²) in [4.78, 5) is 14.6. The molecule has 0 aliphatic heterocycles. The van der Waals surface area contributed by atoms with Gasteiger partial charge in [-0.3, -0.25) is 4.79 Å². The second kappa shape index (κ2) is 7.12. The van der Waals surface area contributed by atoms with Crippen molar-refractivity contribution in [3.63, 3.8) is 0 Å². The van der Waals surface area contributed by atoms with Crippen molar-refractivity contribution in [1.82, 2.24) is 4.90 Å². The molecule has 2 atom stereocenters. The maximum Gasteiger partial charge on any atom is 0.226 e. The Morgan fingerprint density at radius 2 is 1.88 bits per heavy atom. The quantitative estimate of drug-likeness (QED) is 0.894. The van der Waals surface area contributed by atoms with Crippen LogP contribution in [0.25, 0.3) is 10.8 Å². The number of hydrogen-bond donors (Lipinski definition) is 1. The molecule has 0 aromatic heterocycles. The summed E-state index contributed by atoms with van der Waals surface area (Å²) >= 11 is 0. The third-order valence-corrected chi connectivity index (χ3v) is 4.92. The number of benzene rings is 2. The number of hydrogen-bond acceptors (Lipinski definition) is 2. The van der Waals surface area contributed by atoms with Crippen LogP contribution in [0, 0.1) is 11.3 Å². The zero-order chi connectivity index (χ0) is 16.6. The van der Waals surface area contributed by atoms with Crippen LogP contribution in [0.2, 0.25) is 0 Å². The molecule has 0 spiro atoms. The number of carbonyl (C=O) groups is 1. The molecular weight excluding hydrogens is 320 g/mol. The van der Waals surface area contributed by atoms with Crippen LogP contribution in [0.1, 0.15) is 31.7 Å². The van der Waals surface area contributed by atoms with Gasteiger partial charge in [0, 0.05) is 19.5 Å². The lowest BCUT2D eigenvalue weighted by atomic mass is 9.93. The summed E-state index contributed by atoms with van der Waals surface area (Å²) in [6.45, 7) is 5.50. The summed E-state index contributed by atoms with van der Waals surface area (Å²) in [7, 11) is 1.90. The van der Waals surface area contributed by atoms with E-state index in [1.807, 2.05) is 11.9 Å². The second-order valence-electron chi connectivity index (χ2n) is 7.58. The van der Waals surface area contributed by atoms with Crippen LogP contribution in [0.15, 0.2) is 42.5 Å². The van der Waals surface area contributed by atoms with E-state index in [4.69, 9.17) is 5.73 Å². The molecule has 1 fully saturated rings. The lowest BCUT2D eigenvalue weighted by Gasteiger charge is -2.29. The molecule has 0 saturated heterocycles. The van der Waals surface area contributed by atoms with Crippen LogP contribution >= 0.6 is 12.4 Å². The minimum Gasteiger partial charge on any atom is -0.345 e. The van der Waals surface area contributed by atoms with Gasteiger partial charge in [-0.25, -0.2) is 0 Å². The Kier molecular flexibility index (Phi) is 5.56. The molecule has 0 heterocycles. The number of fused-ring (bicyclic) bond motifs is 1. The van der Waals surface area contributed by atoms with Crippen LogP contribution in [-0.4, -0.2) is 30.9 Å². The first-order valence-corrected chi connectivity index (χ1v) is 8.36. The van der Waals surface area contributed by atoms with Crippen molar-refractivity contribution in [3.8, 4) is 0 Å². The Labute approximate surface area is 150 Å². The number of nitrogens with zero attached hydrogens (tertiary/aromatic N) is 1. The number of amides is 1. The molecule has 0 bridgehead atoms. The van der Waals surface area contributed by atoms with Crippen molar-refractivity contribution >= 4 is 29.1 Å². The summed E-state index contributed by atoms with van der Waals surface area (Å²) in [5.74, 6) is 0.737. The Bertz CT molecular complexity index is 723. The van der Waals surface area contributed by atoms with Crippen molar-refractivity contribution in [3.05, 3.63) is 48.0 Å². The fraction of sp³-hybridized carbons (Fsp3) is 0.450. The standard InChI is InChI=1S/C20H26N2O.ClH/c1-20(2,12-21)13-22(3)19(23)18-11-17(18)16-10-6-8-14-7-4-5-9-15(14)16;/h4-10,17-18H,11-13,21H2,1-3H3;1H. The lowest BCUT2D eigenvalue weighted by molar-refractivity contribution is -0.132. The molecule has 130 valence electrons. The van der Waals surface area contributed by atoms with E-state index >= 15 is 0 Å². The number of carbonyl (C=O) groups excluding carboxylic acids is 1. The van der Waals surface area contributed by atoms with E-state index in [0.717, 1.165) is 6.42 Å². The van der Waals surface area contributed by atoms with Gasteiger partial charge in [0.2, 0.25) is 5.91 Å². The molecule has 2 unspecified atom stereocenters. The average Bonchev–Trinajstić information content (AvgIpc) is 3.33. The van der Waals surface area contributed by atoms with E-state index in [9.17, 15) is 4.79 Å². The van der Waals surface area contributed by atoms with Crippen LogP contribution in [0.4, 0.5) is 0 Å². The summed E-state index contributed by atoms with van der Waals surface area (Å²) in [5, 5.41) is 2.53. The first-order chi connectivity index (χ1) is 10.9. The second-order valence-corrected chi connectivity index (χ2v) is 7.58. The first kappa shape index (κ1) is 18.8. The fourth-order valence-corrected chi connectivity index (χ4v) is 3.45. The average molecular weight is 347 g/mol. The molecule has 4 heteroatoms. The van der Waals surface area contributed by atoms with Crippen molar-refractivity contribution in [2.45, 2.75) is 26.2 Å². The van der Waals surface area contributed by atoms with E-state index in [1.165, 1.54) is 16.3 Å². The lowest BCUT2D eigenvalue weighted by Crippen LogP contribution is -2.40. The predicted octanol–water partition coefficient (Wildman–Crippen LogP) is 3.81. The monoisotopic (exact) mass is 346 g/mol. The van der Waals surface area contributed by atoms with Gasteiger partial charge >= 0.3 is 0 Å². The number of nitrogens with two attached hydrogens (primary N) is 1. The molecule has 1 saturated carbocycles. The third-order valence-electron chi connectivity index (χ3n) is 4.92. The minimum absolute atomic E-state index is 0. The Morgan fingerprint density at radius 1 is 1.21 bits per heavy atom. The summed E-state index contributed by atoms with van der Waals surface area (Å²) in [6.07, 6.45) is 0.959. The fourth-order valence-electron chi connectivity index (χ4n) is 3.45. The minimum atomic E-state index is -0.0335. The molecule has 1 aliphatic rings. The van der Waals surface area contributed by atoms with E-state index in [2.05, 4.69) is 56.3 Å². The SMILES string of the molecule is CN(CC(C)(C)CN)C(=O)C1CC1c1cccc2ccccc12.Cl. The Balaban J connectivity index is 0.00000208. The zero-order valence-electron chi connectivity index (χ0n) is 14.7. The molecule has 2 N–H and O–H groups in total. The molecular formula is C20H27ClN2O. The largest absolute Gasteiger partial charge is 0.345 e. The van der Waals surface area contributed by atoms with Gasteiger partial charge in [0.1, 0.15) is 0 Å². The Hall–Kier alpha value is -1.58. The summed E-state index contributed by atoms with van der Waals surface area (Å²) < 4.78 is 0. The smallest absolute Gasteiger partial charge is 0.226 e. The van der Waals surface area contributed by atoms with Crippen LogP contribution in [0.3, 0.4) is 0 Å². The van der Waals surface area contributed by atoms with Gasteiger partial charge in [0.15, 0.2) is 0 Å². The van der Waals surface area contributed by atoms with Gasteiger partial charge < -0.3 is 10.6 Å². The van der Waals surface area contributed by atoms with Crippen molar-refractivity contribution in [2.24, 2.45) is 17.1 Å². The maximum atomic E-state index is 12.7. The topological polar surface area (TPSA) is 46.3 Å². The highest BCUT2D eigenvalue weighted by Gasteiger charge is 2.46. The van der Waals surface area contributed by atoms with E-state index in [1.54, 1.807) is 0 Å². The van der Waals surface area contributed by atoms with Crippen LogP contribution in [0.5, 0.6) is 0 Å². The molecule has 2 aromatic rings. The number of rotatable bonds is 5. The third kappa shape index (κ3) is 3.73. The van der Waals surface area contributed by atoms with Gasteiger partial charge in [-0.2, -0.15) is 0 Å². The highest BCUT2D eigenvalue weighted by Crippen LogP contribution is 2.50. The summed E-state index contributed by atoms with van der Waals surface area (Å²) in [5.41, 5.74) is 7.07. The highest BCUT2D eigenvalue weighted by atomic mass is 35.5. The van der Waals surface area contributed by atoms with E-state index < -0.39 is 0 Å². The van der Waals surface area contributed by atoms with E-state index in [0.29, 0.717) is 19.0 Å². The highest BCUT2D eigenvalue weighted by molar-refractivity contribution is 5.89. The molecule has 24 heavy (non-hydrogen) atoms. The summed E-state index contributed by atoms with van der Waals surface area (Å²) in [6, 6.07) is 14.8. The zero-order valence-corrected chi connectivity index (χ0v) is 15.5. The molecule has 3 rings (SSSR count). The van der Waals surface area contributed by atoms with Gasteiger partial charge in [0.25, 0.3) is 0 Å². The molecule has 3 nitrogen and oxygen atoms in total. The van der Waals surface area contributed by atoms with Crippen molar-refractivity contribution in [2.75, 3.05) is 20.1 Å². The molecule has 1 aliphatic carbocycles. The molecule has 0 radical (unpaired) electrons. The van der Waals surface area contributed by atoms with Crippen molar-refractivity contribution in [1.29, 1.82) is 0 Å². The predicted molar refractivity (Wildman–Crippen MR) is 103 cm³/mol. The van der Waals surface area contributed by atoms with Gasteiger partial charge in [-0.1, -0.05) is 56.3 Å². The van der Waals surface area contributed by atoms with Crippen molar-refractivity contribution < 1.29 is 4.79 Å². The van der Waals surface area contributed by atoms with Crippen LogP contribution in [-0.2, 0) is 4.79 Å². The van der Waals surface area contributed by atoms with Gasteiger partial charge in [-0.05, 0) is 40.6 Å². The van der Waals surface area contributed by atoms with Gasteiger partial charge in [-0.15, -0.1) is 12.4 Å². The normalized spacial score (nSPS) is 19.7. The Morgan fingerprint density at radius 3 is 2.58 bits per heavy atom. The molecule has 2 aromatic carbocycles.